The minimum absolute atomic E-state index is 0.126. The van der Waals surface area contributed by atoms with Crippen LogP contribution in [0.25, 0.3) is 0 Å². The van der Waals surface area contributed by atoms with E-state index in [1.54, 1.807) is 11.3 Å². The van der Waals surface area contributed by atoms with Gasteiger partial charge in [-0.05, 0) is 31.3 Å². The molecule has 0 aliphatic rings. The molecule has 1 amide bonds. The van der Waals surface area contributed by atoms with Crippen LogP contribution < -0.4 is 10.6 Å². The predicted molar refractivity (Wildman–Crippen MR) is 73.2 cm³/mol. The van der Waals surface area contributed by atoms with Gasteiger partial charge in [0.05, 0.1) is 6.04 Å². The van der Waals surface area contributed by atoms with Gasteiger partial charge in [-0.3, -0.25) is 4.79 Å². The van der Waals surface area contributed by atoms with Crippen molar-refractivity contribution in [3.05, 3.63) is 22.4 Å². The third-order valence-corrected chi connectivity index (χ3v) is 3.54. The van der Waals surface area contributed by atoms with Crippen LogP contribution >= 0.6 is 11.3 Å². The molecule has 1 rings (SSSR count). The van der Waals surface area contributed by atoms with Crippen molar-refractivity contribution < 1.29 is 4.79 Å². The van der Waals surface area contributed by atoms with Crippen molar-refractivity contribution in [1.82, 2.24) is 10.6 Å². The topological polar surface area (TPSA) is 41.1 Å². The van der Waals surface area contributed by atoms with Crippen molar-refractivity contribution in [1.29, 1.82) is 0 Å². The maximum Gasteiger partial charge on any atom is 0.220 e. The molecule has 0 spiro atoms. The van der Waals surface area contributed by atoms with Gasteiger partial charge >= 0.3 is 0 Å². The third kappa shape index (κ3) is 5.84. The average molecular weight is 254 g/mol. The molecule has 0 saturated carbocycles. The molecule has 4 heteroatoms. The van der Waals surface area contributed by atoms with Crippen LogP contribution in [0.3, 0.4) is 0 Å². The molecule has 0 fully saturated rings. The predicted octanol–water partition coefficient (Wildman–Crippen LogP) is 2.70. The molecule has 0 radical (unpaired) electrons. The standard InChI is InChI=1S/C13H22N2OS/c1-10(2)14-8-4-7-13(16)15-11(3)12-6-5-9-17-12/h5-6,9-11,14H,4,7-8H2,1-3H3,(H,15,16)/t11-/m1/s1. The molecule has 0 saturated heterocycles. The Labute approximate surface area is 108 Å². The van der Waals surface area contributed by atoms with E-state index in [1.807, 2.05) is 18.4 Å². The summed E-state index contributed by atoms with van der Waals surface area (Å²) in [6.07, 6.45) is 1.48. The monoisotopic (exact) mass is 254 g/mol. The van der Waals surface area contributed by atoms with Crippen LogP contribution in [0.15, 0.2) is 17.5 Å². The van der Waals surface area contributed by atoms with Crippen molar-refractivity contribution >= 4 is 17.2 Å². The van der Waals surface area contributed by atoms with Gasteiger partial charge in [0.25, 0.3) is 0 Å². The van der Waals surface area contributed by atoms with Crippen LogP contribution in [0.2, 0.25) is 0 Å². The molecule has 1 atom stereocenters. The van der Waals surface area contributed by atoms with Crippen molar-refractivity contribution in [2.24, 2.45) is 0 Å². The van der Waals surface area contributed by atoms with E-state index in [9.17, 15) is 4.79 Å². The van der Waals surface area contributed by atoms with Gasteiger partial charge in [0.1, 0.15) is 0 Å². The normalized spacial score (nSPS) is 12.7. The number of nitrogens with one attached hydrogen (secondary N) is 2. The van der Waals surface area contributed by atoms with Crippen molar-refractivity contribution in [2.75, 3.05) is 6.54 Å². The summed E-state index contributed by atoms with van der Waals surface area (Å²) in [5.41, 5.74) is 0. The second-order valence-corrected chi connectivity index (χ2v) is 5.50. The molecule has 17 heavy (non-hydrogen) atoms. The fourth-order valence-electron chi connectivity index (χ4n) is 1.56. The van der Waals surface area contributed by atoms with Crippen molar-refractivity contribution in [3.63, 3.8) is 0 Å². The Hall–Kier alpha value is -0.870. The molecular weight excluding hydrogens is 232 g/mol. The highest BCUT2D eigenvalue weighted by Crippen LogP contribution is 2.17. The highest BCUT2D eigenvalue weighted by atomic mass is 32.1. The number of carbonyl (C=O) groups is 1. The summed E-state index contributed by atoms with van der Waals surface area (Å²) in [5, 5.41) is 8.35. The third-order valence-electron chi connectivity index (χ3n) is 2.48. The van der Waals surface area contributed by atoms with Gasteiger partial charge in [0.2, 0.25) is 5.91 Å². The lowest BCUT2D eigenvalue weighted by atomic mass is 10.2. The number of hydrogen-bond donors (Lipinski definition) is 2. The molecule has 0 aromatic carbocycles. The molecule has 1 aromatic heterocycles. The smallest absolute Gasteiger partial charge is 0.220 e. The van der Waals surface area contributed by atoms with E-state index in [0.29, 0.717) is 12.5 Å². The first-order valence-electron chi connectivity index (χ1n) is 6.15. The number of hydrogen-bond acceptors (Lipinski definition) is 3. The van der Waals surface area contributed by atoms with E-state index in [4.69, 9.17) is 0 Å². The van der Waals surface area contributed by atoms with E-state index in [2.05, 4.69) is 30.5 Å². The summed E-state index contributed by atoms with van der Waals surface area (Å²) in [6.45, 7) is 7.15. The van der Waals surface area contributed by atoms with Gasteiger partial charge in [0, 0.05) is 17.3 Å². The van der Waals surface area contributed by atoms with Crippen molar-refractivity contribution in [2.45, 2.75) is 45.7 Å². The van der Waals surface area contributed by atoms with Crippen LogP contribution in [0, 0.1) is 0 Å². The largest absolute Gasteiger partial charge is 0.349 e. The molecular formula is C13H22N2OS. The zero-order valence-corrected chi connectivity index (χ0v) is 11.6. The maximum absolute atomic E-state index is 11.7. The molecule has 1 aromatic rings. The Morgan fingerprint density at radius 2 is 2.18 bits per heavy atom. The van der Waals surface area contributed by atoms with Crippen molar-refractivity contribution in [3.8, 4) is 0 Å². The number of carbonyl (C=O) groups excluding carboxylic acids is 1. The summed E-state index contributed by atoms with van der Waals surface area (Å²) in [7, 11) is 0. The number of thiophene rings is 1. The van der Waals surface area contributed by atoms with Gasteiger partial charge in [-0.15, -0.1) is 11.3 Å². The summed E-state index contributed by atoms with van der Waals surface area (Å²) in [4.78, 5) is 12.9. The Bertz CT molecular complexity index is 322. The fourth-order valence-corrected chi connectivity index (χ4v) is 2.30. The Balaban J connectivity index is 2.17. The maximum atomic E-state index is 11.7. The Morgan fingerprint density at radius 1 is 1.41 bits per heavy atom. The van der Waals surface area contributed by atoms with Crippen LogP contribution in [0.4, 0.5) is 0 Å². The summed E-state index contributed by atoms with van der Waals surface area (Å²) < 4.78 is 0. The Kier molecular flexibility index (Phi) is 6.22. The summed E-state index contributed by atoms with van der Waals surface area (Å²) in [5.74, 6) is 0.136. The molecule has 1 heterocycles. The second-order valence-electron chi connectivity index (χ2n) is 4.52. The molecule has 2 N–H and O–H groups in total. The second kappa shape index (κ2) is 7.45. The first-order chi connectivity index (χ1) is 8.09. The molecule has 0 bridgehead atoms. The first-order valence-corrected chi connectivity index (χ1v) is 7.03. The summed E-state index contributed by atoms with van der Waals surface area (Å²) in [6, 6.07) is 4.68. The Morgan fingerprint density at radius 3 is 2.76 bits per heavy atom. The molecule has 3 nitrogen and oxygen atoms in total. The van der Waals surface area contributed by atoms with E-state index in [1.165, 1.54) is 4.88 Å². The lowest BCUT2D eigenvalue weighted by Gasteiger charge is -2.12. The van der Waals surface area contributed by atoms with Crippen LogP contribution in [-0.4, -0.2) is 18.5 Å². The highest BCUT2D eigenvalue weighted by molar-refractivity contribution is 7.10. The lowest BCUT2D eigenvalue weighted by Crippen LogP contribution is -2.28. The van der Waals surface area contributed by atoms with Crippen LogP contribution in [0.1, 0.15) is 44.5 Å². The van der Waals surface area contributed by atoms with Gasteiger partial charge in [-0.1, -0.05) is 19.9 Å². The summed E-state index contributed by atoms with van der Waals surface area (Å²) >= 11 is 1.68. The van der Waals surface area contributed by atoms with Gasteiger partial charge in [-0.25, -0.2) is 0 Å². The zero-order chi connectivity index (χ0) is 12.7. The molecule has 0 unspecified atom stereocenters. The minimum Gasteiger partial charge on any atom is -0.349 e. The van der Waals surface area contributed by atoms with E-state index < -0.39 is 0 Å². The van der Waals surface area contributed by atoms with Gasteiger partial charge in [0.15, 0.2) is 0 Å². The van der Waals surface area contributed by atoms with E-state index in [-0.39, 0.29) is 11.9 Å². The fraction of sp³-hybridized carbons (Fsp3) is 0.615. The van der Waals surface area contributed by atoms with Crippen LogP contribution in [0.5, 0.6) is 0 Å². The molecule has 0 aliphatic heterocycles. The van der Waals surface area contributed by atoms with Gasteiger partial charge < -0.3 is 10.6 Å². The number of amides is 1. The highest BCUT2D eigenvalue weighted by Gasteiger charge is 2.09. The SMILES string of the molecule is CC(C)NCCCC(=O)N[C@H](C)c1cccs1. The number of rotatable bonds is 7. The van der Waals surface area contributed by atoms with E-state index >= 15 is 0 Å². The molecule has 96 valence electrons. The van der Waals surface area contributed by atoms with Crippen LogP contribution in [-0.2, 0) is 4.79 Å². The van der Waals surface area contributed by atoms with Gasteiger partial charge in [-0.2, -0.15) is 0 Å². The lowest BCUT2D eigenvalue weighted by molar-refractivity contribution is -0.121. The quantitative estimate of drug-likeness (QED) is 0.735. The first kappa shape index (κ1) is 14.2. The minimum atomic E-state index is 0.126. The average Bonchev–Trinajstić information content (AvgIpc) is 2.77. The zero-order valence-electron chi connectivity index (χ0n) is 10.8. The molecule has 0 aliphatic carbocycles. The van der Waals surface area contributed by atoms with E-state index in [0.717, 1.165) is 13.0 Å².